The molecule has 0 radical (unpaired) electrons. The molecule has 33 heavy (non-hydrogen) atoms. The molecule has 2 nitrogen and oxygen atoms in total. The fraction of sp³-hybridized carbons (Fsp3) is 0.0323. The first-order chi connectivity index (χ1) is 16.3. The van der Waals surface area contributed by atoms with Crippen molar-refractivity contribution in [1.82, 2.24) is 9.13 Å². The maximum Gasteiger partial charge on any atom is 0.0641 e. The van der Waals surface area contributed by atoms with E-state index in [4.69, 9.17) is 0 Å². The van der Waals surface area contributed by atoms with E-state index in [2.05, 4.69) is 131 Å². The first-order valence-corrected chi connectivity index (χ1v) is 11.4. The number of aromatic nitrogens is 2. The third-order valence-electron chi connectivity index (χ3n) is 6.84. The second-order valence-electron chi connectivity index (χ2n) is 8.68. The Morgan fingerprint density at radius 3 is 1.88 bits per heavy atom. The van der Waals surface area contributed by atoms with Crippen LogP contribution in [0.3, 0.4) is 0 Å². The normalized spacial score (nSPS) is 11.8. The van der Waals surface area contributed by atoms with Crippen molar-refractivity contribution in [2.45, 2.75) is 6.92 Å². The van der Waals surface area contributed by atoms with Crippen LogP contribution in [0.2, 0.25) is 0 Å². The van der Waals surface area contributed by atoms with E-state index >= 15 is 0 Å². The van der Waals surface area contributed by atoms with Crippen molar-refractivity contribution in [2.75, 3.05) is 0 Å². The predicted octanol–water partition coefficient (Wildman–Crippen LogP) is 8.19. The Kier molecular flexibility index (Phi) is 3.80. The van der Waals surface area contributed by atoms with Crippen LogP contribution in [0.1, 0.15) is 5.56 Å². The summed E-state index contributed by atoms with van der Waals surface area (Å²) in [5, 5.41) is 5.15. The zero-order valence-corrected chi connectivity index (χ0v) is 18.4. The predicted molar refractivity (Wildman–Crippen MR) is 140 cm³/mol. The number of hydrogen-bond acceptors (Lipinski definition) is 0. The van der Waals surface area contributed by atoms with Crippen LogP contribution in [-0.2, 0) is 0 Å². The molecule has 5 aromatic carbocycles. The average molecular weight is 423 g/mol. The van der Waals surface area contributed by atoms with Gasteiger partial charge in [0, 0.05) is 32.9 Å². The van der Waals surface area contributed by atoms with E-state index in [1.54, 1.807) is 0 Å². The van der Waals surface area contributed by atoms with Crippen LogP contribution in [0.25, 0.3) is 55.0 Å². The van der Waals surface area contributed by atoms with Gasteiger partial charge in [-0.25, -0.2) is 0 Å². The molecule has 0 aliphatic heterocycles. The zero-order valence-electron chi connectivity index (χ0n) is 18.4. The lowest BCUT2D eigenvalue weighted by atomic mass is 10.1. The summed E-state index contributed by atoms with van der Waals surface area (Å²) >= 11 is 0. The molecule has 7 aromatic rings. The lowest BCUT2D eigenvalue weighted by Crippen LogP contribution is -1.97. The Balaban J connectivity index is 1.78. The van der Waals surface area contributed by atoms with Crippen molar-refractivity contribution in [2.24, 2.45) is 0 Å². The molecule has 0 N–H and O–H groups in total. The smallest absolute Gasteiger partial charge is 0.0641 e. The maximum atomic E-state index is 2.46. The number of nitrogens with zero attached hydrogens (tertiary/aromatic N) is 2. The third kappa shape index (κ3) is 2.49. The fourth-order valence-electron chi connectivity index (χ4n) is 5.43. The van der Waals surface area contributed by atoms with E-state index in [9.17, 15) is 0 Å². The van der Waals surface area contributed by atoms with Crippen molar-refractivity contribution in [3.63, 3.8) is 0 Å². The summed E-state index contributed by atoms with van der Waals surface area (Å²) in [4.78, 5) is 0. The molecule has 0 fully saturated rings. The van der Waals surface area contributed by atoms with Crippen LogP contribution in [0.15, 0.2) is 115 Å². The van der Waals surface area contributed by atoms with Crippen LogP contribution in [0.5, 0.6) is 0 Å². The largest absolute Gasteiger partial charge is 0.309 e. The summed E-state index contributed by atoms with van der Waals surface area (Å²) in [6.45, 7) is 2.20. The SMILES string of the molecule is Cc1ccccc1-n1c2ccccc2c2ccc3c(c4ccccc4n3-c3ccccc3)c21. The molecule has 2 heteroatoms. The van der Waals surface area contributed by atoms with Crippen molar-refractivity contribution in [1.29, 1.82) is 0 Å². The van der Waals surface area contributed by atoms with Gasteiger partial charge in [-0.1, -0.05) is 78.9 Å². The highest BCUT2D eigenvalue weighted by molar-refractivity contribution is 6.26. The number of fused-ring (bicyclic) bond motifs is 7. The lowest BCUT2D eigenvalue weighted by molar-refractivity contribution is 1.15. The van der Waals surface area contributed by atoms with Crippen molar-refractivity contribution < 1.29 is 0 Å². The molecule has 0 atom stereocenters. The molecule has 0 bridgehead atoms. The molecule has 2 heterocycles. The van der Waals surface area contributed by atoms with Crippen molar-refractivity contribution >= 4 is 43.6 Å². The number of benzene rings is 5. The highest BCUT2D eigenvalue weighted by atomic mass is 15.0. The third-order valence-corrected chi connectivity index (χ3v) is 6.84. The van der Waals surface area contributed by atoms with E-state index in [1.165, 1.54) is 60.5 Å². The molecule has 0 saturated heterocycles. The van der Waals surface area contributed by atoms with Crippen molar-refractivity contribution in [3.8, 4) is 11.4 Å². The van der Waals surface area contributed by atoms with E-state index < -0.39 is 0 Å². The van der Waals surface area contributed by atoms with Crippen LogP contribution in [0.4, 0.5) is 0 Å². The zero-order chi connectivity index (χ0) is 21.9. The number of rotatable bonds is 2. The van der Waals surface area contributed by atoms with Gasteiger partial charge >= 0.3 is 0 Å². The Morgan fingerprint density at radius 1 is 0.455 bits per heavy atom. The van der Waals surface area contributed by atoms with E-state index in [1.807, 2.05) is 0 Å². The highest BCUT2D eigenvalue weighted by Gasteiger charge is 2.20. The summed E-state index contributed by atoms with van der Waals surface area (Å²) < 4.78 is 4.86. The van der Waals surface area contributed by atoms with Crippen LogP contribution in [0, 0.1) is 6.92 Å². The fourth-order valence-corrected chi connectivity index (χ4v) is 5.43. The van der Waals surface area contributed by atoms with Crippen molar-refractivity contribution in [3.05, 3.63) is 121 Å². The summed E-state index contributed by atoms with van der Waals surface area (Å²) in [6, 6.07) is 41.5. The van der Waals surface area contributed by atoms with E-state index in [0.717, 1.165) is 0 Å². The van der Waals surface area contributed by atoms with Gasteiger partial charge in [0.25, 0.3) is 0 Å². The van der Waals surface area contributed by atoms with Gasteiger partial charge in [0.15, 0.2) is 0 Å². The van der Waals surface area contributed by atoms with Crippen LogP contribution >= 0.6 is 0 Å². The van der Waals surface area contributed by atoms with Gasteiger partial charge in [-0.05, 0) is 48.9 Å². The monoisotopic (exact) mass is 422 g/mol. The summed E-state index contributed by atoms with van der Waals surface area (Å²) in [7, 11) is 0. The molecule has 0 spiro atoms. The molecule has 0 aliphatic carbocycles. The van der Waals surface area contributed by atoms with Crippen LogP contribution < -0.4 is 0 Å². The number of hydrogen-bond donors (Lipinski definition) is 0. The number of para-hydroxylation sites is 4. The molecule has 2 aromatic heterocycles. The number of aryl methyl sites for hydroxylation is 1. The molecule has 156 valence electrons. The Bertz CT molecular complexity index is 1820. The molecule has 0 saturated carbocycles. The molecule has 7 rings (SSSR count). The summed E-state index contributed by atoms with van der Waals surface area (Å²) in [6.07, 6.45) is 0. The Morgan fingerprint density at radius 2 is 1.09 bits per heavy atom. The van der Waals surface area contributed by atoms with Gasteiger partial charge in [0.1, 0.15) is 0 Å². The van der Waals surface area contributed by atoms with Gasteiger partial charge in [0.05, 0.1) is 22.1 Å². The molecule has 0 unspecified atom stereocenters. The molecular formula is C31H22N2. The lowest BCUT2D eigenvalue weighted by Gasteiger charge is -2.12. The van der Waals surface area contributed by atoms with Gasteiger partial charge in [-0.2, -0.15) is 0 Å². The minimum atomic E-state index is 1.18. The minimum absolute atomic E-state index is 1.18. The Hall–Kier alpha value is -4.30. The molecule has 0 aliphatic rings. The second kappa shape index (κ2) is 6.85. The van der Waals surface area contributed by atoms with Gasteiger partial charge < -0.3 is 9.13 Å². The average Bonchev–Trinajstić information content (AvgIpc) is 3.38. The van der Waals surface area contributed by atoms with Gasteiger partial charge in [-0.15, -0.1) is 0 Å². The van der Waals surface area contributed by atoms with E-state index in [-0.39, 0.29) is 0 Å². The standard InChI is InChI=1S/C31H22N2/c1-21-11-5-8-16-26(21)33-27-17-9-6-14-23(27)24-19-20-29-30(31(24)33)25-15-7-10-18-28(25)32(29)22-12-3-2-4-13-22/h2-20H,1H3. The second-order valence-corrected chi connectivity index (χ2v) is 8.68. The first kappa shape index (κ1) is 18.3. The minimum Gasteiger partial charge on any atom is -0.309 e. The van der Waals surface area contributed by atoms with Crippen LogP contribution in [-0.4, -0.2) is 9.13 Å². The quantitative estimate of drug-likeness (QED) is 0.266. The highest BCUT2D eigenvalue weighted by Crippen LogP contribution is 2.42. The topological polar surface area (TPSA) is 9.86 Å². The van der Waals surface area contributed by atoms with Gasteiger partial charge in [0.2, 0.25) is 0 Å². The molecular weight excluding hydrogens is 400 g/mol. The van der Waals surface area contributed by atoms with E-state index in [0.29, 0.717) is 0 Å². The molecule has 0 amide bonds. The summed E-state index contributed by atoms with van der Waals surface area (Å²) in [5.41, 5.74) is 8.65. The first-order valence-electron chi connectivity index (χ1n) is 11.4. The van der Waals surface area contributed by atoms with Gasteiger partial charge in [-0.3, -0.25) is 0 Å². The summed E-state index contributed by atoms with van der Waals surface area (Å²) in [5.74, 6) is 0. The Labute approximate surface area is 191 Å². The maximum absolute atomic E-state index is 2.46.